The van der Waals surface area contributed by atoms with Gasteiger partial charge in [0, 0.05) is 48.1 Å². The number of amides is 1. The van der Waals surface area contributed by atoms with Crippen LogP contribution in [0.4, 0.5) is 4.39 Å². The third-order valence-corrected chi connectivity index (χ3v) is 7.56. The van der Waals surface area contributed by atoms with Crippen LogP contribution in [-0.4, -0.2) is 28.7 Å². The van der Waals surface area contributed by atoms with Gasteiger partial charge in [0.15, 0.2) is 5.78 Å². The fraction of sp³-hybridized carbons (Fsp3) is 0.259. The van der Waals surface area contributed by atoms with Gasteiger partial charge in [0.2, 0.25) is 5.71 Å². The van der Waals surface area contributed by atoms with Gasteiger partial charge in [-0.25, -0.2) is 9.37 Å². The van der Waals surface area contributed by atoms with E-state index in [4.69, 9.17) is 16.0 Å². The average molecular weight is 490 g/mol. The number of carbonyl (C=O) groups is 2. The van der Waals surface area contributed by atoms with E-state index in [0.717, 1.165) is 25.2 Å². The molecule has 7 rings (SSSR count). The van der Waals surface area contributed by atoms with E-state index >= 15 is 0 Å². The number of carbonyl (C=O) groups excluding carboxylic acids is 2. The number of rotatable bonds is 6. The first-order valence-electron chi connectivity index (χ1n) is 11.5. The van der Waals surface area contributed by atoms with Crippen LogP contribution in [0, 0.1) is 17.2 Å². The molecule has 0 spiro atoms. The molecule has 4 aromatic rings. The van der Waals surface area contributed by atoms with E-state index in [1.54, 1.807) is 24.5 Å². The number of nitrogens with zero attached hydrogens (tertiary/aromatic N) is 2. The Balaban J connectivity index is 1.43. The lowest BCUT2D eigenvalue weighted by Gasteiger charge is -2.61. The third kappa shape index (κ3) is 3.62. The van der Waals surface area contributed by atoms with E-state index in [9.17, 15) is 14.0 Å². The molecule has 3 heterocycles. The van der Waals surface area contributed by atoms with Crippen molar-refractivity contribution in [2.24, 2.45) is 11.3 Å². The highest BCUT2D eigenvalue weighted by Gasteiger charge is 2.56. The quantitative estimate of drug-likeness (QED) is 0.262. The minimum atomic E-state index is -0.397. The fourth-order valence-electron chi connectivity index (χ4n) is 5.42. The first-order valence-corrected chi connectivity index (χ1v) is 11.8. The Morgan fingerprint density at radius 1 is 1.14 bits per heavy atom. The molecule has 1 aromatic carbocycles. The van der Waals surface area contributed by atoms with Crippen molar-refractivity contribution in [2.75, 3.05) is 7.05 Å². The number of ketones is 1. The van der Waals surface area contributed by atoms with E-state index < -0.39 is 5.82 Å². The van der Waals surface area contributed by atoms with E-state index in [1.165, 1.54) is 31.3 Å². The number of aromatic nitrogens is 2. The topological polar surface area (TPSA) is 85.1 Å². The van der Waals surface area contributed by atoms with E-state index in [2.05, 4.69) is 15.3 Å². The third-order valence-electron chi connectivity index (χ3n) is 7.27. The van der Waals surface area contributed by atoms with Crippen LogP contribution in [0.1, 0.15) is 46.4 Å². The molecule has 3 saturated carbocycles. The molecular formula is C27H21ClFN3O3. The number of furan rings is 1. The van der Waals surface area contributed by atoms with Crippen molar-refractivity contribution in [3.05, 3.63) is 70.9 Å². The molecule has 3 aliphatic carbocycles. The molecule has 0 unspecified atom stereocenters. The maximum atomic E-state index is 13.5. The first-order chi connectivity index (χ1) is 16.9. The monoisotopic (exact) mass is 489 g/mol. The zero-order valence-corrected chi connectivity index (χ0v) is 19.7. The number of hydrogen-bond donors (Lipinski definition) is 1. The predicted octanol–water partition coefficient (Wildman–Crippen LogP) is 6.08. The van der Waals surface area contributed by atoms with Crippen LogP contribution in [0.5, 0.6) is 0 Å². The Labute approximate surface area is 205 Å². The van der Waals surface area contributed by atoms with Crippen molar-refractivity contribution in [3.8, 4) is 22.5 Å². The van der Waals surface area contributed by atoms with Crippen LogP contribution in [0.3, 0.4) is 0 Å². The Hall–Kier alpha value is -3.58. The van der Waals surface area contributed by atoms with Gasteiger partial charge in [-0.3, -0.25) is 14.6 Å². The smallest absolute Gasteiger partial charge is 0.255 e. The normalized spacial score (nSPS) is 20.3. The summed E-state index contributed by atoms with van der Waals surface area (Å²) in [6.45, 7) is 0. The number of nitrogens with one attached hydrogen (secondary N) is 1. The largest absolute Gasteiger partial charge is 0.437 e. The highest BCUT2D eigenvalue weighted by Crippen LogP contribution is 2.66. The van der Waals surface area contributed by atoms with Gasteiger partial charge in [-0.1, -0.05) is 11.6 Å². The highest BCUT2D eigenvalue weighted by molar-refractivity contribution is 6.32. The van der Waals surface area contributed by atoms with E-state index in [1.807, 2.05) is 0 Å². The Bertz CT molecular complexity index is 1500. The number of Topliss-reactive ketones (excluding diaryl/α,β-unsaturated/α-hetero) is 1. The standard InChI is InChI=1S/C27H21ClFN3O3/c1-30-25(34)22-20-7-19(24(28)32-26(20)35-23(22)15-2-4-18(29)5-3-15)16-6-17(13-31-12-16)21(33)11-27-8-14(9-27)10-27/h2-7,12-14H,8-11H2,1H3,(H,30,34). The van der Waals surface area contributed by atoms with Crippen molar-refractivity contribution in [2.45, 2.75) is 25.7 Å². The number of pyridine rings is 2. The summed E-state index contributed by atoms with van der Waals surface area (Å²) in [4.78, 5) is 34.4. The van der Waals surface area contributed by atoms with Gasteiger partial charge in [0.1, 0.15) is 16.7 Å². The van der Waals surface area contributed by atoms with Gasteiger partial charge in [-0.05, 0) is 67.0 Å². The van der Waals surface area contributed by atoms with Gasteiger partial charge in [0.05, 0.1) is 10.9 Å². The average Bonchev–Trinajstić information content (AvgIpc) is 3.18. The van der Waals surface area contributed by atoms with Gasteiger partial charge in [-0.2, -0.15) is 0 Å². The Morgan fingerprint density at radius 2 is 1.89 bits per heavy atom. The van der Waals surface area contributed by atoms with Crippen molar-refractivity contribution in [1.29, 1.82) is 0 Å². The second-order valence-electron chi connectivity index (χ2n) is 9.61. The Morgan fingerprint density at radius 3 is 2.54 bits per heavy atom. The van der Waals surface area contributed by atoms with E-state index in [-0.39, 0.29) is 39.3 Å². The molecule has 0 atom stereocenters. The maximum Gasteiger partial charge on any atom is 0.255 e. The summed E-state index contributed by atoms with van der Waals surface area (Å²) in [5.74, 6) is 0.383. The highest BCUT2D eigenvalue weighted by atomic mass is 35.5. The lowest BCUT2D eigenvalue weighted by molar-refractivity contribution is -0.103. The number of halogens is 2. The zero-order valence-electron chi connectivity index (χ0n) is 18.9. The van der Waals surface area contributed by atoms with E-state index in [0.29, 0.717) is 34.1 Å². The molecule has 176 valence electrons. The molecule has 3 aliphatic rings. The molecule has 0 saturated heterocycles. The summed E-state index contributed by atoms with van der Waals surface area (Å²) in [5.41, 5.74) is 2.87. The van der Waals surface area contributed by atoms with Crippen molar-refractivity contribution >= 4 is 34.4 Å². The molecule has 8 heteroatoms. The molecule has 35 heavy (non-hydrogen) atoms. The molecule has 0 radical (unpaired) electrons. The van der Waals surface area contributed by atoms with Gasteiger partial charge in [0.25, 0.3) is 5.91 Å². The lowest BCUT2D eigenvalue weighted by atomic mass is 9.43. The molecule has 0 aliphatic heterocycles. The van der Waals surface area contributed by atoms with Crippen molar-refractivity contribution < 1.29 is 18.4 Å². The predicted molar refractivity (Wildman–Crippen MR) is 130 cm³/mol. The van der Waals surface area contributed by atoms with Crippen LogP contribution in [0.15, 0.2) is 53.2 Å². The van der Waals surface area contributed by atoms with Crippen LogP contribution < -0.4 is 5.32 Å². The summed E-state index contributed by atoms with van der Waals surface area (Å²) in [6, 6.07) is 9.15. The summed E-state index contributed by atoms with van der Waals surface area (Å²) >= 11 is 6.52. The molecule has 1 N–H and O–H groups in total. The molecule has 2 bridgehead atoms. The number of benzene rings is 1. The van der Waals surface area contributed by atoms with Crippen LogP contribution in [0.25, 0.3) is 33.6 Å². The Kier molecular flexibility index (Phi) is 5.00. The maximum absolute atomic E-state index is 13.5. The minimum Gasteiger partial charge on any atom is -0.437 e. The molecule has 3 fully saturated rings. The minimum absolute atomic E-state index is 0.0793. The summed E-state index contributed by atoms with van der Waals surface area (Å²) in [6.07, 6.45) is 7.19. The second kappa shape index (κ2) is 7.99. The molecule has 3 aromatic heterocycles. The van der Waals surface area contributed by atoms with Crippen LogP contribution in [-0.2, 0) is 0 Å². The summed E-state index contributed by atoms with van der Waals surface area (Å²) in [5, 5.41) is 3.24. The summed E-state index contributed by atoms with van der Waals surface area (Å²) in [7, 11) is 1.52. The lowest BCUT2D eigenvalue weighted by Crippen LogP contribution is -2.52. The fourth-order valence-corrected chi connectivity index (χ4v) is 5.66. The SMILES string of the molecule is CNC(=O)c1c(-c2ccc(F)cc2)oc2nc(Cl)c(-c3cncc(C(=O)CC45CC(C4)C5)c3)cc12. The number of fused-ring (bicyclic) bond motifs is 1. The molecular weight excluding hydrogens is 469 g/mol. The van der Waals surface area contributed by atoms with Crippen molar-refractivity contribution in [3.63, 3.8) is 0 Å². The molecule has 1 amide bonds. The van der Waals surface area contributed by atoms with Crippen LogP contribution >= 0.6 is 11.6 Å². The van der Waals surface area contributed by atoms with Gasteiger partial charge >= 0.3 is 0 Å². The van der Waals surface area contributed by atoms with Crippen LogP contribution in [0.2, 0.25) is 5.15 Å². The summed E-state index contributed by atoms with van der Waals surface area (Å²) < 4.78 is 19.4. The van der Waals surface area contributed by atoms with Gasteiger partial charge in [-0.15, -0.1) is 0 Å². The van der Waals surface area contributed by atoms with Crippen molar-refractivity contribution in [1.82, 2.24) is 15.3 Å². The second-order valence-corrected chi connectivity index (χ2v) is 9.97. The zero-order chi connectivity index (χ0) is 24.3. The first kappa shape index (κ1) is 21.9. The van der Waals surface area contributed by atoms with Gasteiger partial charge < -0.3 is 9.73 Å². The number of hydrogen-bond acceptors (Lipinski definition) is 5. The molecule has 6 nitrogen and oxygen atoms in total.